The second kappa shape index (κ2) is 5.81. The van der Waals surface area contributed by atoms with Crippen molar-refractivity contribution in [3.05, 3.63) is 23.5 Å². The fraction of sp³-hybridized carbons (Fsp3) is 0.364. The van der Waals surface area contributed by atoms with E-state index in [1.807, 2.05) is 0 Å². The lowest BCUT2D eigenvalue weighted by atomic mass is 10.2. The summed E-state index contributed by atoms with van der Waals surface area (Å²) in [5.41, 5.74) is 5.39. The molecule has 0 unspecified atom stereocenters. The Bertz CT molecular complexity index is 602. The van der Waals surface area contributed by atoms with Crippen molar-refractivity contribution < 1.29 is 17.5 Å². The van der Waals surface area contributed by atoms with Crippen LogP contribution in [0.5, 0.6) is 5.75 Å². The Hall–Kier alpha value is -1.25. The number of hydrogen-bond acceptors (Lipinski definition) is 4. The van der Waals surface area contributed by atoms with Crippen LogP contribution in [0.3, 0.4) is 0 Å². The number of halogens is 1. The predicted molar refractivity (Wildman–Crippen MR) is 74.3 cm³/mol. The van der Waals surface area contributed by atoms with Gasteiger partial charge in [-0.1, -0.05) is 19.1 Å². The topological polar surface area (TPSA) is 72.6 Å². The van der Waals surface area contributed by atoms with Crippen LogP contribution in [0.4, 0.5) is 4.39 Å². The average molecular weight is 306 g/mol. The molecule has 106 valence electrons. The molecule has 0 saturated carbocycles. The van der Waals surface area contributed by atoms with E-state index < -0.39 is 20.7 Å². The number of methoxy groups -OCH3 is 1. The van der Waals surface area contributed by atoms with E-state index in [9.17, 15) is 12.8 Å². The first-order chi connectivity index (χ1) is 8.77. The molecule has 0 aliphatic carbocycles. The number of nitrogens with two attached hydrogens (primary N) is 1. The summed E-state index contributed by atoms with van der Waals surface area (Å²) >= 11 is 4.80. The molecule has 0 aliphatic rings. The molecule has 8 heteroatoms. The van der Waals surface area contributed by atoms with Gasteiger partial charge < -0.3 is 10.5 Å². The van der Waals surface area contributed by atoms with Gasteiger partial charge in [-0.2, -0.15) is 0 Å². The van der Waals surface area contributed by atoms with Crippen molar-refractivity contribution >= 4 is 27.2 Å². The van der Waals surface area contributed by atoms with Gasteiger partial charge in [0.2, 0.25) is 10.0 Å². The molecule has 0 bridgehead atoms. The van der Waals surface area contributed by atoms with Crippen molar-refractivity contribution in [1.29, 1.82) is 0 Å². The minimum atomic E-state index is -4.02. The third-order valence-corrected chi connectivity index (χ3v) is 4.85. The Morgan fingerprint density at radius 3 is 2.53 bits per heavy atom. The lowest BCUT2D eigenvalue weighted by Crippen LogP contribution is -2.30. The van der Waals surface area contributed by atoms with Crippen molar-refractivity contribution in [2.45, 2.75) is 11.8 Å². The van der Waals surface area contributed by atoms with Gasteiger partial charge in [-0.05, 0) is 12.1 Å². The van der Waals surface area contributed by atoms with E-state index in [0.717, 1.165) is 10.4 Å². The molecule has 5 nitrogen and oxygen atoms in total. The zero-order valence-electron chi connectivity index (χ0n) is 10.8. The summed E-state index contributed by atoms with van der Waals surface area (Å²) in [5, 5.41) is 0. The van der Waals surface area contributed by atoms with Crippen LogP contribution < -0.4 is 10.5 Å². The molecule has 1 aromatic carbocycles. The van der Waals surface area contributed by atoms with Gasteiger partial charge in [-0.3, -0.25) is 0 Å². The monoisotopic (exact) mass is 306 g/mol. The molecule has 19 heavy (non-hydrogen) atoms. The Morgan fingerprint density at radius 1 is 1.53 bits per heavy atom. The number of rotatable bonds is 5. The van der Waals surface area contributed by atoms with Crippen LogP contribution in [0.15, 0.2) is 17.0 Å². The highest BCUT2D eigenvalue weighted by atomic mass is 32.2. The lowest BCUT2D eigenvalue weighted by Gasteiger charge is -2.19. The van der Waals surface area contributed by atoms with Crippen molar-refractivity contribution in [2.24, 2.45) is 5.73 Å². The van der Waals surface area contributed by atoms with Crippen LogP contribution in [-0.4, -0.2) is 38.4 Å². The largest absolute Gasteiger partial charge is 0.496 e. The van der Waals surface area contributed by atoms with E-state index in [-0.39, 0.29) is 22.8 Å². The number of hydrogen-bond donors (Lipinski definition) is 1. The van der Waals surface area contributed by atoms with Crippen molar-refractivity contribution in [3.63, 3.8) is 0 Å². The molecule has 2 N–H and O–H groups in total. The molecule has 0 saturated heterocycles. The first-order valence-electron chi connectivity index (χ1n) is 5.40. The van der Waals surface area contributed by atoms with E-state index in [1.54, 1.807) is 6.92 Å². The number of ether oxygens (including phenoxy) is 1. The SMILES string of the molecule is CCN(C)S(=O)(=O)c1c(F)ccc(OC)c1C(N)=S. The van der Waals surface area contributed by atoms with Crippen LogP contribution in [0.2, 0.25) is 0 Å². The molecule has 1 aromatic rings. The van der Waals surface area contributed by atoms with Crippen molar-refractivity contribution in [2.75, 3.05) is 20.7 Å². The van der Waals surface area contributed by atoms with Gasteiger partial charge >= 0.3 is 0 Å². The van der Waals surface area contributed by atoms with E-state index in [1.165, 1.54) is 20.2 Å². The summed E-state index contributed by atoms with van der Waals surface area (Å²) in [6, 6.07) is 2.30. The van der Waals surface area contributed by atoms with Gasteiger partial charge in [-0.15, -0.1) is 0 Å². The van der Waals surface area contributed by atoms with Gasteiger partial charge in [0.1, 0.15) is 21.5 Å². The summed E-state index contributed by atoms with van der Waals surface area (Å²) in [5.74, 6) is -0.791. The number of nitrogens with zero attached hydrogens (tertiary/aromatic N) is 1. The summed E-state index contributed by atoms with van der Waals surface area (Å²) in [4.78, 5) is -0.789. The second-order valence-electron chi connectivity index (χ2n) is 3.74. The summed E-state index contributed by atoms with van der Waals surface area (Å²) < 4.78 is 44.5. The van der Waals surface area contributed by atoms with E-state index >= 15 is 0 Å². The van der Waals surface area contributed by atoms with Crippen LogP contribution in [0.1, 0.15) is 12.5 Å². The van der Waals surface area contributed by atoms with E-state index in [4.69, 9.17) is 22.7 Å². The second-order valence-corrected chi connectivity index (χ2v) is 6.16. The Kier molecular flexibility index (Phi) is 4.83. The fourth-order valence-corrected chi connectivity index (χ4v) is 3.22. The lowest BCUT2D eigenvalue weighted by molar-refractivity contribution is 0.409. The van der Waals surface area contributed by atoms with Gasteiger partial charge in [0.15, 0.2) is 0 Å². The Morgan fingerprint density at radius 2 is 2.11 bits per heavy atom. The highest BCUT2D eigenvalue weighted by Gasteiger charge is 2.30. The van der Waals surface area contributed by atoms with Crippen molar-refractivity contribution in [3.8, 4) is 5.75 Å². The Labute approximate surface area is 117 Å². The molecule has 0 heterocycles. The zero-order valence-corrected chi connectivity index (χ0v) is 12.4. The average Bonchev–Trinajstić information content (AvgIpc) is 2.36. The van der Waals surface area contributed by atoms with Crippen LogP contribution >= 0.6 is 12.2 Å². The minimum absolute atomic E-state index is 0.113. The molecule has 0 radical (unpaired) electrons. The maximum atomic E-state index is 13.9. The molecule has 0 amide bonds. The molecule has 0 atom stereocenters. The van der Waals surface area contributed by atoms with E-state index in [0.29, 0.717) is 0 Å². The quantitative estimate of drug-likeness (QED) is 0.825. The summed E-state index contributed by atoms with van der Waals surface area (Å²) in [6.45, 7) is 1.83. The maximum absolute atomic E-state index is 13.9. The molecular formula is C11H15FN2O3S2. The van der Waals surface area contributed by atoms with Crippen molar-refractivity contribution in [1.82, 2.24) is 4.31 Å². The van der Waals surface area contributed by atoms with Gasteiger partial charge in [-0.25, -0.2) is 17.1 Å². The molecule has 0 fully saturated rings. The molecular weight excluding hydrogens is 291 g/mol. The third-order valence-electron chi connectivity index (χ3n) is 2.65. The van der Waals surface area contributed by atoms with Gasteiger partial charge in [0.05, 0.1) is 12.7 Å². The summed E-state index contributed by atoms with van der Waals surface area (Å²) in [6.07, 6.45) is 0. The number of sulfonamides is 1. The first-order valence-corrected chi connectivity index (χ1v) is 7.24. The maximum Gasteiger partial charge on any atom is 0.246 e. The highest BCUT2D eigenvalue weighted by Crippen LogP contribution is 2.30. The molecule has 0 aliphatic heterocycles. The first kappa shape index (κ1) is 15.8. The number of thiocarbonyl (C=S) groups is 1. The molecule has 0 spiro atoms. The van der Waals surface area contributed by atoms with Gasteiger partial charge in [0, 0.05) is 13.6 Å². The highest BCUT2D eigenvalue weighted by molar-refractivity contribution is 7.89. The van der Waals surface area contributed by atoms with Crippen LogP contribution in [0, 0.1) is 5.82 Å². The van der Waals surface area contributed by atoms with Gasteiger partial charge in [0.25, 0.3) is 0 Å². The smallest absolute Gasteiger partial charge is 0.246 e. The van der Waals surface area contributed by atoms with Crippen LogP contribution in [0.25, 0.3) is 0 Å². The zero-order chi connectivity index (χ0) is 14.8. The number of benzene rings is 1. The van der Waals surface area contributed by atoms with E-state index in [2.05, 4.69) is 0 Å². The fourth-order valence-electron chi connectivity index (χ4n) is 1.52. The van der Waals surface area contributed by atoms with Crippen LogP contribution in [-0.2, 0) is 10.0 Å². The predicted octanol–water partition coefficient (Wildman–Crippen LogP) is 1.11. The summed E-state index contributed by atoms with van der Waals surface area (Å²) in [7, 11) is -1.34. The Balaban J connectivity index is 3.72. The third kappa shape index (κ3) is 2.85. The minimum Gasteiger partial charge on any atom is -0.496 e. The normalized spacial score (nSPS) is 11.6. The molecule has 0 aromatic heterocycles. The molecule has 1 rings (SSSR count). The standard InChI is InChI=1S/C11H15FN2O3S2/c1-4-14(2)19(15,16)10-7(12)5-6-8(17-3)9(10)11(13)18/h5-6H,4H2,1-3H3,(H2,13,18).